The molecule has 2 aromatic carbocycles. The number of para-hydroxylation sites is 1. The van der Waals surface area contributed by atoms with Gasteiger partial charge in [-0.2, -0.15) is 13.2 Å². The first-order valence-electron chi connectivity index (χ1n) is 9.81. The molecule has 30 heavy (non-hydrogen) atoms. The number of piperidine rings is 1. The van der Waals surface area contributed by atoms with E-state index in [2.05, 4.69) is 10.2 Å². The second-order valence-electron chi connectivity index (χ2n) is 7.25. The Morgan fingerprint density at radius 3 is 2.20 bits per heavy atom. The van der Waals surface area contributed by atoms with Crippen molar-refractivity contribution >= 4 is 29.1 Å². The van der Waals surface area contributed by atoms with Crippen LogP contribution in [0.15, 0.2) is 54.1 Å². The molecule has 1 saturated heterocycles. The van der Waals surface area contributed by atoms with Crippen LogP contribution in [-0.2, 0) is 15.8 Å². The van der Waals surface area contributed by atoms with Gasteiger partial charge in [0.1, 0.15) is 0 Å². The first kappa shape index (κ1) is 21.6. The number of carbonyl (C=O) groups is 2. The van der Waals surface area contributed by atoms with Crippen molar-refractivity contribution in [3.63, 3.8) is 0 Å². The van der Waals surface area contributed by atoms with Gasteiger partial charge in [-0.1, -0.05) is 24.3 Å². The van der Waals surface area contributed by atoms with Gasteiger partial charge < -0.3 is 10.2 Å². The van der Waals surface area contributed by atoms with Crippen molar-refractivity contribution in [2.24, 2.45) is 0 Å². The Kier molecular flexibility index (Phi) is 6.59. The number of anilines is 2. The lowest BCUT2D eigenvalue weighted by Crippen LogP contribution is -2.29. The lowest BCUT2D eigenvalue weighted by molar-refractivity contribution is -0.137. The van der Waals surface area contributed by atoms with Crippen molar-refractivity contribution in [2.75, 3.05) is 23.3 Å². The van der Waals surface area contributed by atoms with Crippen LogP contribution in [0.3, 0.4) is 0 Å². The van der Waals surface area contributed by atoms with E-state index in [0.717, 1.165) is 43.8 Å². The van der Waals surface area contributed by atoms with Gasteiger partial charge in [0, 0.05) is 18.8 Å². The Hall–Kier alpha value is -3.09. The molecule has 1 aliphatic heterocycles. The van der Waals surface area contributed by atoms with E-state index in [9.17, 15) is 22.8 Å². The summed E-state index contributed by atoms with van der Waals surface area (Å²) >= 11 is 0. The highest BCUT2D eigenvalue weighted by Crippen LogP contribution is 2.34. The highest BCUT2D eigenvalue weighted by molar-refractivity contribution is 6.25. The zero-order valence-electron chi connectivity index (χ0n) is 16.6. The molecular weight excluding hydrogens is 393 g/mol. The Labute approximate surface area is 173 Å². The average molecular weight is 416 g/mol. The predicted octanol–water partition coefficient (Wildman–Crippen LogP) is 5.31. The second kappa shape index (κ2) is 9.15. The van der Waals surface area contributed by atoms with Crippen LogP contribution in [0.25, 0.3) is 6.08 Å². The molecule has 1 heterocycles. The number of nitrogens with one attached hydrogen (secondary N) is 1. The summed E-state index contributed by atoms with van der Waals surface area (Å²) in [5, 5.41) is 2.23. The summed E-state index contributed by atoms with van der Waals surface area (Å²) in [6.45, 7) is 3.20. The molecule has 0 aliphatic carbocycles. The van der Waals surface area contributed by atoms with Crippen molar-refractivity contribution in [3.8, 4) is 0 Å². The molecule has 0 bridgehead atoms. The number of amides is 1. The standard InChI is InChI=1S/C23H23F3N2O2/c1-16(29)19(22(30)27-21-8-4-3-7-20(21)23(24,25)26)15-17-9-11-18(12-10-17)28-13-5-2-6-14-28/h3-4,7-12,15H,2,5-6,13-14H2,1H3,(H,27,30)/b19-15+. The monoisotopic (exact) mass is 416 g/mol. The lowest BCUT2D eigenvalue weighted by Gasteiger charge is -2.28. The maximum Gasteiger partial charge on any atom is 0.418 e. The van der Waals surface area contributed by atoms with Gasteiger partial charge in [0.25, 0.3) is 5.91 Å². The van der Waals surface area contributed by atoms with E-state index < -0.39 is 23.4 Å². The molecule has 4 nitrogen and oxygen atoms in total. The summed E-state index contributed by atoms with van der Waals surface area (Å²) < 4.78 is 39.5. The summed E-state index contributed by atoms with van der Waals surface area (Å²) in [5.41, 5.74) is 0.132. The van der Waals surface area contributed by atoms with Crippen LogP contribution in [0.2, 0.25) is 0 Å². The fraction of sp³-hybridized carbons (Fsp3) is 0.304. The molecule has 0 aromatic heterocycles. The highest BCUT2D eigenvalue weighted by Gasteiger charge is 2.33. The van der Waals surface area contributed by atoms with Crippen molar-refractivity contribution in [2.45, 2.75) is 32.4 Å². The Morgan fingerprint density at radius 1 is 0.967 bits per heavy atom. The largest absolute Gasteiger partial charge is 0.418 e. The molecule has 0 saturated carbocycles. The van der Waals surface area contributed by atoms with Crippen LogP contribution in [0, 0.1) is 0 Å². The van der Waals surface area contributed by atoms with Gasteiger partial charge in [-0.3, -0.25) is 9.59 Å². The summed E-state index contributed by atoms with van der Waals surface area (Å²) in [6.07, 6.45) is 0.305. The van der Waals surface area contributed by atoms with Gasteiger partial charge in [-0.25, -0.2) is 0 Å². The first-order valence-corrected chi connectivity index (χ1v) is 9.81. The van der Waals surface area contributed by atoms with Crippen LogP contribution in [0.1, 0.15) is 37.3 Å². The lowest BCUT2D eigenvalue weighted by atomic mass is 10.0. The third-order valence-corrected chi connectivity index (χ3v) is 5.03. The van der Waals surface area contributed by atoms with Crippen LogP contribution < -0.4 is 10.2 Å². The third-order valence-electron chi connectivity index (χ3n) is 5.03. The number of halogens is 3. The number of alkyl halides is 3. The maximum absolute atomic E-state index is 13.2. The third kappa shape index (κ3) is 5.28. The van der Waals surface area contributed by atoms with Gasteiger partial charge in [0.15, 0.2) is 5.78 Å². The molecule has 1 fully saturated rings. The summed E-state index contributed by atoms with van der Waals surface area (Å²) in [6, 6.07) is 12.1. The molecule has 7 heteroatoms. The molecule has 1 N–H and O–H groups in total. The summed E-state index contributed by atoms with van der Waals surface area (Å²) in [4.78, 5) is 26.9. The quantitative estimate of drug-likeness (QED) is 0.408. The van der Waals surface area contributed by atoms with E-state index in [4.69, 9.17) is 0 Å². The normalized spacial score (nSPS) is 15.1. The van der Waals surface area contributed by atoms with Gasteiger partial charge in [-0.05, 0) is 62.1 Å². The van der Waals surface area contributed by atoms with Gasteiger partial charge in [0.05, 0.1) is 16.8 Å². The number of benzene rings is 2. The number of ketones is 1. The molecule has 158 valence electrons. The zero-order chi connectivity index (χ0) is 21.7. The number of carbonyl (C=O) groups excluding carboxylic acids is 2. The van der Waals surface area contributed by atoms with Crippen LogP contribution in [0.4, 0.5) is 24.5 Å². The fourth-order valence-electron chi connectivity index (χ4n) is 3.46. The SMILES string of the molecule is CC(=O)/C(=C\c1ccc(N2CCCCC2)cc1)C(=O)Nc1ccccc1C(F)(F)F. The van der Waals surface area contributed by atoms with Gasteiger partial charge in [0.2, 0.25) is 0 Å². The number of nitrogens with zero attached hydrogens (tertiary/aromatic N) is 1. The first-order chi connectivity index (χ1) is 14.3. The van der Waals surface area contributed by atoms with Gasteiger partial charge in [-0.15, -0.1) is 0 Å². The van der Waals surface area contributed by atoms with Crippen LogP contribution >= 0.6 is 0 Å². The smallest absolute Gasteiger partial charge is 0.372 e. The van der Waals surface area contributed by atoms with E-state index in [1.165, 1.54) is 31.6 Å². The molecule has 2 aromatic rings. The van der Waals surface area contributed by atoms with Crippen molar-refractivity contribution in [1.29, 1.82) is 0 Å². The highest BCUT2D eigenvalue weighted by atomic mass is 19.4. The van der Waals surface area contributed by atoms with Crippen LogP contribution in [0.5, 0.6) is 0 Å². The Morgan fingerprint density at radius 2 is 1.60 bits per heavy atom. The second-order valence-corrected chi connectivity index (χ2v) is 7.25. The predicted molar refractivity (Wildman–Crippen MR) is 111 cm³/mol. The van der Waals surface area contributed by atoms with E-state index >= 15 is 0 Å². The molecule has 0 spiro atoms. The van der Waals surface area contributed by atoms with E-state index in [1.807, 2.05) is 12.1 Å². The number of Topliss-reactive ketones (excluding diaryl/α,β-unsaturated/α-hetero) is 1. The minimum atomic E-state index is -4.62. The van der Waals surface area contributed by atoms with Crippen molar-refractivity contribution in [1.82, 2.24) is 0 Å². The molecule has 0 radical (unpaired) electrons. The Balaban J connectivity index is 1.81. The van der Waals surface area contributed by atoms with Crippen LogP contribution in [-0.4, -0.2) is 24.8 Å². The number of rotatable bonds is 5. The molecule has 0 unspecified atom stereocenters. The minimum absolute atomic E-state index is 0.210. The molecular formula is C23H23F3N2O2. The number of hydrogen-bond donors (Lipinski definition) is 1. The molecule has 1 amide bonds. The summed E-state index contributed by atoms with van der Waals surface area (Å²) in [5.74, 6) is -1.41. The summed E-state index contributed by atoms with van der Waals surface area (Å²) in [7, 11) is 0. The maximum atomic E-state index is 13.2. The van der Waals surface area contributed by atoms with E-state index in [1.54, 1.807) is 12.1 Å². The fourth-order valence-corrected chi connectivity index (χ4v) is 3.46. The zero-order valence-corrected chi connectivity index (χ0v) is 16.6. The molecule has 3 rings (SSSR count). The topological polar surface area (TPSA) is 49.4 Å². The van der Waals surface area contributed by atoms with E-state index in [-0.39, 0.29) is 11.3 Å². The van der Waals surface area contributed by atoms with E-state index in [0.29, 0.717) is 5.56 Å². The minimum Gasteiger partial charge on any atom is -0.372 e. The van der Waals surface area contributed by atoms with Gasteiger partial charge >= 0.3 is 6.18 Å². The van der Waals surface area contributed by atoms with Crippen molar-refractivity contribution in [3.05, 3.63) is 65.2 Å². The Bertz CT molecular complexity index is 944. The van der Waals surface area contributed by atoms with Crippen molar-refractivity contribution < 1.29 is 22.8 Å². The molecule has 1 aliphatic rings. The number of hydrogen-bond acceptors (Lipinski definition) is 3. The average Bonchev–Trinajstić information content (AvgIpc) is 2.72. The molecule has 0 atom stereocenters.